The Morgan fingerprint density at radius 1 is 0.958 bits per heavy atom. The van der Waals surface area contributed by atoms with Crippen molar-refractivity contribution in [2.45, 2.75) is 31.3 Å². The minimum absolute atomic E-state index is 0.455. The van der Waals surface area contributed by atoms with Crippen molar-refractivity contribution in [3.05, 3.63) is 0 Å². The molecular formula is C15H31N5O4. The molecule has 0 unspecified atom stereocenters. The first kappa shape index (κ1) is 20.8. The summed E-state index contributed by atoms with van der Waals surface area (Å²) in [4.78, 5) is 22.9. The molecule has 0 spiro atoms. The van der Waals surface area contributed by atoms with E-state index >= 15 is 0 Å². The molecule has 140 valence electrons. The minimum Gasteiger partial charge on any atom is -0.480 e. The highest BCUT2D eigenvalue weighted by Crippen LogP contribution is 2.16. The summed E-state index contributed by atoms with van der Waals surface area (Å²) in [6.45, 7) is 6.08. The third kappa shape index (κ3) is 8.55. The van der Waals surface area contributed by atoms with Gasteiger partial charge in [-0.15, -0.1) is 0 Å². The molecule has 2 heterocycles. The first-order chi connectivity index (χ1) is 11.4. The molecule has 0 bridgehead atoms. The van der Waals surface area contributed by atoms with E-state index in [1.807, 2.05) is 0 Å². The average molecular weight is 345 g/mol. The van der Waals surface area contributed by atoms with Gasteiger partial charge >= 0.3 is 11.9 Å². The van der Waals surface area contributed by atoms with Gasteiger partial charge < -0.3 is 32.3 Å². The van der Waals surface area contributed by atoms with Gasteiger partial charge in [0.1, 0.15) is 12.1 Å². The fourth-order valence-electron chi connectivity index (χ4n) is 2.83. The average Bonchev–Trinajstić information content (AvgIpc) is 2.57. The molecule has 0 aromatic heterocycles. The Balaban J connectivity index is 0.000000240. The quantitative estimate of drug-likeness (QED) is 0.323. The van der Waals surface area contributed by atoms with Crippen LogP contribution in [-0.2, 0) is 9.59 Å². The molecule has 0 aromatic rings. The number of nitrogens with two attached hydrogens (primary N) is 2. The molecule has 0 amide bonds. The molecule has 2 aliphatic heterocycles. The van der Waals surface area contributed by atoms with Crippen molar-refractivity contribution in [1.82, 2.24) is 15.5 Å². The van der Waals surface area contributed by atoms with Crippen molar-refractivity contribution >= 4 is 11.9 Å². The van der Waals surface area contributed by atoms with E-state index in [2.05, 4.69) is 15.5 Å². The SMILES string of the molecule is N[C@@H](CC1CCNCC1)C(=O)O.N[C@@H](CN1CCNCC1)C(=O)O. The lowest BCUT2D eigenvalue weighted by molar-refractivity contribution is -0.140. The van der Waals surface area contributed by atoms with Crippen LogP contribution in [0.4, 0.5) is 0 Å². The lowest BCUT2D eigenvalue weighted by Crippen LogP contribution is -2.50. The van der Waals surface area contributed by atoms with Gasteiger partial charge in [0.15, 0.2) is 0 Å². The van der Waals surface area contributed by atoms with E-state index < -0.39 is 24.0 Å². The first-order valence-electron chi connectivity index (χ1n) is 8.50. The number of piperazine rings is 1. The molecule has 9 nitrogen and oxygen atoms in total. The van der Waals surface area contributed by atoms with Crippen molar-refractivity contribution < 1.29 is 19.8 Å². The maximum Gasteiger partial charge on any atom is 0.321 e. The lowest BCUT2D eigenvalue weighted by Gasteiger charge is -2.28. The van der Waals surface area contributed by atoms with Crippen LogP contribution in [-0.4, -0.2) is 84.9 Å². The second-order valence-corrected chi connectivity index (χ2v) is 6.37. The summed E-state index contributed by atoms with van der Waals surface area (Å²) < 4.78 is 0. The maximum absolute atomic E-state index is 10.4. The number of nitrogens with one attached hydrogen (secondary N) is 2. The molecule has 24 heavy (non-hydrogen) atoms. The summed E-state index contributed by atoms with van der Waals surface area (Å²) >= 11 is 0. The number of aliphatic carboxylic acids is 2. The van der Waals surface area contributed by atoms with Crippen LogP contribution in [0.25, 0.3) is 0 Å². The topological polar surface area (TPSA) is 154 Å². The molecule has 2 rings (SSSR count). The van der Waals surface area contributed by atoms with Crippen LogP contribution in [0.5, 0.6) is 0 Å². The summed E-state index contributed by atoms with van der Waals surface area (Å²) in [5.41, 5.74) is 10.8. The predicted molar refractivity (Wildman–Crippen MR) is 90.7 cm³/mol. The van der Waals surface area contributed by atoms with Crippen molar-refractivity contribution in [2.24, 2.45) is 17.4 Å². The maximum atomic E-state index is 10.4. The Morgan fingerprint density at radius 3 is 1.96 bits per heavy atom. The zero-order valence-corrected chi connectivity index (χ0v) is 14.1. The van der Waals surface area contributed by atoms with Crippen LogP contribution < -0.4 is 22.1 Å². The molecule has 0 saturated carbocycles. The van der Waals surface area contributed by atoms with Gasteiger partial charge in [-0.3, -0.25) is 14.5 Å². The van der Waals surface area contributed by atoms with Gasteiger partial charge in [-0.2, -0.15) is 0 Å². The number of carbonyl (C=O) groups is 2. The zero-order valence-electron chi connectivity index (χ0n) is 14.1. The number of rotatable bonds is 6. The molecule has 2 saturated heterocycles. The molecule has 0 aromatic carbocycles. The second kappa shape index (κ2) is 11.3. The highest BCUT2D eigenvalue weighted by Gasteiger charge is 2.20. The van der Waals surface area contributed by atoms with E-state index in [0.717, 1.165) is 52.1 Å². The highest BCUT2D eigenvalue weighted by molar-refractivity contribution is 5.73. The van der Waals surface area contributed by atoms with Crippen molar-refractivity contribution in [3.63, 3.8) is 0 Å². The summed E-state index contributed by atoms with van der Waals surface area (Å²) in [7, 11) is 0. The highest BCUT2D eigenvalue weighted by atomic mass is 16.4. The minimum atomic E-state index is -0.923. The molecular weight excluding hydrogens is 314 g/mol. The Kier molecular flexibility index (Phi) is 9.80. The molecule has 0 aliphatic carbocycles. The van der Waals surface area contributed by atoms with Crippen LogP contribution in [0.3, 0.4) is 0 Å². The molecule has 2 fully saturated rings. The van der Waals surface area contributed by atoms with Gasteiger partial charge in [-0.1, -0.05) is 0 Å². The predicted octanol–water partition coefficient (Wildman–Crippen LogP) is -1.91. The van der Waals surface area contributed by atoms with Gasteiger partial charge in [-0.05, 0) is 38.3 Å². The van der Waals surface area contributed by atoms with E-state index in [9.17, 15) is 9.59 Å². The van der Waals surface area contributed by atoms with Crippen molar-refractivity contribution in [1.29, 1.82) is 0 Å². The number of hydrogen-bond acceptors (Lipinski definition) is 7. The number of piperidine rings is 1. The standard InChI is InChI=1S/C8H16N2O2.C7H15N3O2/c9-7(8(11)12)5-6-1-3-10-4-2-6;8-6(7(11)12)5-10-3-1-9-2-4-10/h6-7,10H,1-5,9H2,(H,11,12);6,9H,1-5,8H2,(H,11,12)/t7-;6-/m00/s1. The summed E-state index contributed by atoms with van der Waals surface area (Å²) in [5, 5.41) is 23.5. The Labute approximate surface area is 142 Å². The van der Waals surface area contributed by atoms with Gasteiger partial charge in [0.05, 0.1) is 0 Å². The monoisotopic (exact) mass is 345 g/mol. The summed E-state index contributed by atoms with van der Waals surface area (Å²) in [6, 6.07) is -1.42. The molecule has 2 aliphatic rings. The summed E-state index contributed by atoms with van der Waals surface area (Å²) in [6.07, 6.45) is 2.74. The fraction of sp³-hybridized carbons (Fsp3) is 0.867. The van der Waals surface area contributed by atoms with E-state index in [0.29, 0.717) is 18.9 Å². The van der Waals surface area contributed by atoms with Crippen LogP contribution in [0.1, 0.15) is 19.3 Å². The van der Waals surface area contributed by atoms with Gasteiger partial charge in [0.2, 0.25) is 0 Å². The van der Waals surface area contributed by atoms with Crippen molar-refractivity contribution in [3.8, 4) is 0 Å². The van der Waals surface area contributed by atoms with Crippen molar-refractivity contribution in [2.75, 3.05) is 45.8 Å². The Morgan fingerprint density at radius 2 is 1.46 bits per heavy atom. The van der Waals surface area contributed by atoms with Crippen LogP contribution in [0.15, 0.2) is 0 Å². The fourth-order valence-corrected chi connectivity index (χ4v) is 2.83. The van der Waals surface area contributed by atoms with Crippen LogP contribution >= 0.6 is 0 Å². The first-order valence-corrected chi connectivity index (χ1v) is 8.50. The zero-order chi connectivity index (χ0) is 17.9. The Bertz CT molecular complexity index is 348. The van der Waals surface area contributed by atoms with Crippen LogP contribution in [0.2, 0.25) is 0 Å². The van der Waals surface area contributed by atoms with E-state index in [-0.39, 0.29) is 0 Å². The lowest BCUT2D eigenvalue weighted by atomic mass is 9.91. The number of carboxylic acid groups (broad SMARTS) is 2. The summed E-state index contributed by atoms with van der Waals surface area (Å²) in [5.74, 6) is -1.31. The smallest absolute Gasteiger partial charge is 0.321 e. The largest absolute Gasteiger partial charge is 0.480 e. The molecule has 0 radical (unpaired) electrons. The van der Waals surface area contributed by atoms with Gasteiger partial charge in [0, 0.05) is 32.7 Å². The number of nitrogens with zero attached hydrogens (tertiary/aromatic N) is 1. The van der Waals surface area contributed by atoms with E-state index in [1.54, 1.807) is 0 Å². The number of carboxylic acids is 2. The third-order valence-corrected chi connectivity index (χ3v) is 4.34. The van der Waals surface area contributed by atoms with E-state index in [1.165, 1.54) is 0 Å². The van der Waals surface area contributed by atoms with Crippen LogP contribution in [0, 0.1) is 5.92 Å². The van der Waals surface area contributed by atoms with Gasteiger partial charge in [0.25, 0.3) is 0 Å². The molecule has 8 N–H and O–H groups in total. The third-order valence-electron chi connectivity index (χ3n) is 4.34. The van der Waals surface area contributed by atoms with Gasteiger partial charge in [-0.25, -0.2) is 0 Å². The molecule has 9 heteroatoms. The van der Waals surface area contributed by atoms with E-state index in [4.69, 9.17) is 21.7 Å². The number of hydrogen-bond donors (Lipinski definition) is 6. The normalized spacial score (nSPS) is 22.1. The second-order valence-electron chi connectivity index (χ2n) is 6.37. The molecule has 2 atom stereocenters. The Hall–Kier alpha value is -1.26.